The lowest BCUT2D eigenvalue weighted by atomic mass is 9.93. The molecule has 0 radical (unpaired) electrons. The molecule has 3 rings (SSSR count). The molecule has 1 aliphatic rings. The number of hydrogen-bond donors (Lipinski definition) is 3. The van der Waals surface area contributed by atoms with Gasteiger partial charge in [0.1, 0.15) is 5.69 Å². The Hall–Kier alpha value is -2.47. The lowest BCUT2D eigenvalue weighted by Crippen LogP contribution is -2.39. The summed E-state index contributed by atoms with van der Waals surface area (Å²) in [6.45, 7) is 1.17. The van der Waals surface area contributed by atoms with E-state index in [1.165, 1.54) is 6.08 Å². The maximum atomic E-state index is 12.7. The number of nitrogens with zero attached hydrogens (tertiary/aromatic N) is 1. The number of hydrogen-bond acceptors (Lipinski definition) is 3. The summed E-state index contributed by atoms with van der Waals surface area (Å²) in [5, 5.41) is 1.50. The van der Waals surface area contributed by atoms with Crippen LogP contribution in [0.5, 0.6) is 0 Å². The second kappa shape index (κ2) is 6.57. The van der Waals surface area contributed by atoms with Gasteiger partial charge in [-0.3, -0.25) is 9.59 Å². The van der Waals surface area contributed by atoms with Gasteiger partial charge in [0.15, 0.2) is 0 Å². The van der Waals surface area contributed by atoms with Crippen LogP contribution in [0.1, 0.15) is 23.3 Å². The van der Waals surface area contributed by atoms with Gasteiger partial charge in [0.2, 0.25) is 5.91 Å². The number of nitrogens with one attached hydrogen (secondary N) is 1. The van der Waals surface area contributed by atoms with Crippen LogP contribution in [0.4, 0.5) is 0 Å². The van der Waals surface area contributed by atoms with Gasteiger partial charge in [-0.25, -0.2) is 0 Å². The Kier molecular flexibility index (Phi) is 4.49. The van der Waals surface area contributed by atoms with E-state index in [0.29, 0.717) is 42.3 Å². The highest BCUT2D eigenvalue weighted by Crippen LogP contribution is 2.26. The highest BCUT2D eigenvalue weighted by Gasteiger charge is 2.26. The summed E-state index contributed by atoms with van der Waals surface area (Å²) in [5.41, 5.74) is 12.8. The Bertz CT molecular complexity index is 819. The Labute approximate surface area is 144 Å². The molecule has 0 spiro atoms. The van der Waals surface area contributed by atoms with Gasteiger partial charge in [-0.1, -0.05) is 23.7 Å². The van der Waals surface area contributed by atoms with Crippen LogP contribution in [-0.4, -0.2) is 34.8 Å². The zero-order chi connectivity index (χ0) is 17.3. The fraction of sp³-hybridized carbons (Fsp3) is 0.294. The number of halogens is 1. The summed E-state index contributed by atoms with van der Waals surface area (Å²) in [7, 11) is 0. The van der Waals surface area contributed by atoms with E-state index in [9.17, 15) is 9.59 Å². The first-order valence-corrected chi connectivity index (χ1v) is 8.16. The van der Waals surface area contributed by atoms with E-state index in [0.717, 1.165) is 10.9 Å². The fourth-order valence-corrected chi connectivity index (χ4v) is 3.33. The number of allylic oxidation sites excluding steroid dienone is 1. The van der Waals surface area contributed by atoms with Gasteiger partial charge in [-0.15, -0.1) is 0 Å². The first-order valence-electron chi connectivity index (χ1n) is 7.78. The molecule has 0 aliphatic carbocycles. The molecule has 2 amide bonds. The molecule has 126 valence electrons. The van der Waals surface area contributed by atoms with Gasteiger partial charge in [0.05, 0.1) is 10.5 Å². The van der Waals surface area contributed by atoms with Crippen molar-refractivity contribution in [3.05, 3.63) is 46.8 Å². The van der Waals surface area contributed by atoms with E-state index in [1.807, 2.05) is 18.2 Å². The summed E-state index contributed by atoms with van der Waals surface area (Å²) < 4.78 is 0. The second-order valence-corrected chi connectivity index (χ2v) is 6.41. The smallest absolute Gasteiger partial charge is 0.270 e. The SMILES string of the molecule is NC(=O)/C=C(\N)C1CCN(C(=O)c2cc3cccc(Cl)c3[nH]2)CC1. The normalized spacial score (nSPS) is 16.5. The standard InChI is InChI=1S/C17H19ClN4O2/c18-12-3-1-2-11-8-14(21-16(11)12)17(24)22-6-4-10(5-7-22)13(19)9-15(20)23/h1-3,8-10,21H,4-7,19H2,(H2,20,23)/b13-9-. The van der Waals surface area contributed by atoms with Crippen LogP contribution in [0.15, 0.2) is 36.0 Å². The Morgan fingerprint density at radius 1 is 1.25 bits per heavy atom. The Morgan fingerprint density at radius 3 is 2.58 bits per heavy atom. The molecule has 1 aromatic heterocycles. The molecule has 1 fully saturated rings. The topological polar surface area (TPSA) is 105 Å². The van der Waals surface area contributed by atoms with Crippen LogP contribution in [0.25, 0.3) is 10.9 Å². The number of piperidine rings is 1. The van der Waals surface area contributed by atoms with Gasteiger partial charge in [-0.2, -0.15) is 0 Å². The number of likely N-dealkylation sites (tertiary alicyclic amines) is 1. The number of fused-ring (bicyclic) bond motifs is 1. The third-order valence-electron chi connectivity index (χ3n) is 4.40. The van der Waals surface area contributed by atoms with E-state index in [4.69, 9.17) is 23.1 Å². The molecule has 24 heavy (non-hydrogen) atoms. The summed E-state index contributed by atoms with van der Waals surface area (Å²) in [6.07, 6.45) is 2.69. The highest BCUT2D eigenvalue weighted by atomic mass is 35.5. The monoisotopic (exact) mass is 346 g/mol. The van der Waals surface area contributed by atoms with Gasteiger partial charge >= 0.3 is 0 Å². The zero-order valence-electron chi connectivity index (χ0n) is 13.1. The number of para-hydroxylation sites is 1. The molecule has 0 saturated carbocycles. The molecular formula is C17H19ClN4O2. The minimum atomic E-state index is -0.541. The molecule has 6 nitrogen and oxygen atoms in total. The zero-order valence-corrected chi connectivity index (χ0v) is 13.8. The third kappa shape index (κ3) is 3.23. The van der Waals surface area contributed by atoms with Crippen molar-refractivity contribution in [2.75, 3.05) is 13.1 Å². The quantitative estimate of drug-likeness (QED) is 0.740. The molecule has 1 aromatic carbocycles. The number of primary amides is 1. The Morgan fingerprint density at radius 2 is 1.96 bits per heavy atom. The molecule has 7 heteroatoms. The van der Waals surface area contributed by atoms with E-state index >= 15 is 0 Å². The van der Waals surface area contributed by atoms with Crippen molar-refractivity contribution in [2.24, 2.45) is 17.4 Å². The second-order valence-electron chi connectivity index (χ2n) is 6.00. The van der Waals surface area contributed by atoms with E-state index in [2.05, 4.69) is 4.98 Å². The molecule has 2 heterocycles. The predicted molar refractivity (Wildman–Crippen MR) is 93.4 cm³/mol. The van der Waals surface area contributed by atoms with Crippen molar-refractivity contribution in [1.82, 2.24) is 9.88 Å². The number of aromatic amines is 1. The van der Waals surface area contributed by atoms with Crippen LogP contribution in [0.2, 0.25) is 5.02 Å². The molecule has 0 atom stereocenters. The summed E-state index contributed by atoms with van der Waals surface area (Å²) in [6, 6.07) is 7.37. The average Bonchev–Trinajstić information content (AvgIpc) is 2.99. The highest BCUT2D eigenvalue weighted by molar-refractivity contribution is 6.35. The Balaban J connectivity index is 1.70. The largest absolute Gasteiger partial charge is 0.402 e. The lowest BCUT2D eigenvalue weighted by molar-refractivity contribution is -0.113. The summed E-state index contributed by atoms with van der Waals surface area (Å²) in [4.78, 5) is 28.5. The van der Waals surface area contributed by atoms with Crippen LogP contribution in [-0.2, 0) is 4.79 Å². The molecule has 0 unspecified atom stereocenters. The van der Waals surface area contributed by atoms with Crippen LogP contribution in [0.3, 0.4) is 0 Å². The third-order valence-corrected chi connectivity index (χ3v) is 4.71. The first kappa shape index (κ1) is 16.4. The lowest BCUT2D eigenvalue weighted by Gasteiger charge is -2.31. The average molecular weight is 347 g/mol. The number of amides is 2. The summed E-state index contributed by atoms with van der Waals surface area (Å²) >= 11 is 6.14. The maximum absolute atomic E-state index is 12.7. The van der Waals surface area contributed by atoms with Gasteiger partial charge in [-0.05, 0) is 25.0 Å². The number of H-pyrrole nitrogens is 1. The maximum Gasteiger partial charge on any atom is 0.270 e. The minimum Gasteiger partial charge on any atom is -0.402 e. The predicted octanol–water partition coefficient (Wildman–Crippen LogP) is 2.00. The first-order chi connectivity index (χ1) is 11.5. The molecular weight excluding hydrogens is 328 g/mol. The number of rotatable bonds is 3. The molecule has 1 aliphatic heterocycles. The molecule has 0 bridgehead atoms. The van der Waals surface area contributed by atoms with Crippen LogP contribution in [0, 0.1) is 5.92 Å². The molecule has 2 aromatic rings. The molecule has 5 N–H and O–H groups in total. The number of benzene rings is 1. The van der Waals surface area contributed by atoms with Crippen molar-refractivity contribution >= 4 is 34.3 Å². The van der Waals surface area contributed by atoms with Crippen molar-refractivity contribution < 1.29 is 9.59 Å². The molecule has 1 saturated heterocycles. The van der Waals surface area contributed by atoms with Crippen molar-refractivity contribution in [3.63, 3.8) is 0 Å². The summed E-state index contributed by atoms with van der Waals surface area (Å²) in [5.74, 6) is -0.516. The number of carbonyl (C=O) groups is 2. The van der Waals surface area contributed by atoms with Crippen molar-refractivity contribution in [3.8, 4) is 0 Å². The number of nitrogens with two attached hydrogens (primary N) is 2. The van der Waals surface area contributed by atoms with E-state index in [-0.39, 0.29) is 11.8 Å². The van der Waals surface area contributed by atoms with Crippen LogP contribution >= 0.6 is 11.6 Å². The van der Waals surface area contributed by atoms with Gasteiger partial charge in [0.25, 0.3) is 5.91 Å². The van der Waals surface area contributed by atoms with Crippen LogP contribution < -0.4 is 11.5 Å². The van der Waals surface area contributed by atoms with E-state index < -0.39 is 5.91 Å². The van der Waals surface area contributed by atoms with Gasteiger partial charge in [0, 0.05) is 36.2 Å². The minimum absolute atomic E-state index is 0.0573. The van der Waals surface area contributed by atoms with Crippen molar-refractivity contribution in [2.45, 2.75) is 12.8 Å². The van der Waals surface area contributed by atoms with Gasteiger partial charge < -0.3 is 21.4 Å². The number of carbonyl (C=O) groups excluding carboxylic acids is 2. The fourth-order valence-electron chi connectivity index (χ4n) is 3.10. The number of aromatic nitrogens is 1. The van der Waals surface area contributed by atoms with Crippen molar-refractivity contribution in [1.29, 1.82) is 0 Å². The van der Waals surface area contributed by atoms with E-state index in [1.54, 1.807) is 11.0 Å².